The fraction of sp³-hybridized carbons (Fsp3) is 0.778. The van der Waals surface area contributed by atoms with E-state index in [0.29, 0.717) is 6.42 Å². The molecule has 6 N–H and O–H groups in total. The van der Waals surface area contributed by atoms with Crippen molar-refractivity contribution in [1.82, 2.24) is 0 Å². The molecule has 0 radical (unpaired) electrons. The first-order valence-electron chi connectivity index (χ1n) is 9.22. The van der Waals surface area contributed by atoms with Crippen LogP contribution in [0.25, 0.3) is 0 Å². The first-order chi connectivity index (χ1) is 12.5. The number of carbonyl (C=O) groups is 4. The van der Waals surface area contributed by atoms with Gasteiger partial charge in [-0.25, -0.2) is 4.79 Å². The van der Waals surface area contributed by atoms with Crippen LogP contribution < -0.4 is 5.73 Å². The maximum absolute atomic E-state index is 10.4. The molecule has 0 saturated carbocycles. The number of primary amides is 1. The van der Waals surface area contributed by atoms with Crippen molar-refractivity contribution in [2.45, 2.75) is 89.6 Å². The molecule has 0 saturated heterocycles. The normalized spacial score (nSPS) is 10.6. The molecule has 0 atom stereocenters. The van der Waals surface area contributed by atoms with E-state index in [2.05, 4.69) is 6.92 Å². The first-order valence-corrected chi connectivity index (χ1v) is 9.22. The fourth-order valence-electron chi connectivity index (χ4n) is 2.32. The summed E-state index contributed by atoms with van der Waals surface area (Å²) in [5.41, 5.74) is 2.31. The Bertz CT molecular complexity index is 448. The summed E-state index contributed by atoms with van der Waals surface area (Å²) in [6.07, 6.45) is 9.82. The fourth-order valence-corrected chi connectivity index (χ4v) is 2.32. The van der Waals surface area contributed by atoms with Gasteiger partial charge >= 0.3 is 17.9 Å². The van der Waals surface area contributed by atoms with Crippen molar-refractivity contribution in [2.75, 3.05) is 0 Å². The zero-order valence-electron chi connectivity index (χ0n) is 16.0. The zero-order chi connectivity index (χ0) is 21.3. The van der Waals surface area contributed by atoms with E-state index >= 15 is 0 Å². The number of nitrogens with two attached hydrogens (primary N) is 1. The maximum atomic E-state index is 10.4. The second kappa shape index (κ2) is 16.0. The Morgan fingerprint density at radius 3 is 1.41 bits per heavy atom. The van der Waals surface area contributed by atoms with Crippen molar-refractivity contribution in [2.24, 2.45) is 5.73 Å². The van der Waals surface area contributed by atoms with Crippen LogP contribution in [0.1, 0.15) is 84.0 Å². The van der Waals surface area contributed by atoms with E-state index in [9.17, 15) is 19.2 Å². The van der Waals surface area contributed by atoms with Crippen LogP contribution in [0.4, 0.5) is 0 Å². The van der Waals surface area contributed by atoms with Crippen molar-refractivity contribution in [3.05, 3.63) is 0 Å². The number of hydrogen-bond donors (Lipinski definition) is 5. The van der Waals surface area contributed by atoms with Gasteiger partial charge in [0.2, 0.25) is 5.91 Å². The van der Waals surface area contributed by atoms with E-state index in [-0.39, 0.29) is 5.91 Å². The third-order valence-electron chi connectivity index (χ3n) is 3.81. The predicted octanol–water partition coefficient (Wildman–Crippen LogP) is 2.14. The molecule has 0 spiro atoms. The van der Waals surface area contributed by atoms with Gasteiger partial charge in [0.25, 0.3) is 0 Å². The topological polar surface area (TPSA) is 175 Å². The van der Waals surface area contributed by atoms with Crippen LogP contribution in [0.3, 0.4) is 0 Å². The summed E-state index contributed by atoms with van der Waals surface area (Å²) in [6.45, 7) is 2.24. The van der Waals surface area contributed by atoms with Gasteiger partial charge in [0.15, 0.2) is 5.60 Å². The quantitative estimate of drug-likeness (QED) is 0.264. The van der Waals surface area contributed by atoms with Gasteiger partial charge in [0, 0.05) is 6.42 Å². The van der Waals surface area contributed by atoms with Crippen LogP contribution in [0, 0.1) is 0 Å². The molecule has 0 aliphatic heterocycles. The number of rotatable bonds is 15. The van der Waals surface area contributed by atoms with E-state index in [4.69, 9.17) is 26.2 Å². The van der Waals surface area contributed by atoms with E-state index in [1.165, 1.54) is 44.9 Å². The van der Waals surface area contributed by atoms with Crippen molar-refractivity contribution < 1.29 is 39.6 Å². The number of unbranched alkanes of at least 4 members (excludes halogenated alkanes) is 8. The predicted molar refractivity (Wildman–Crippen MR) is 98.1 cm³/mol. The lowest BCUT2D eigenvalue weighted by Crippen LogP contribution is -2.42. The minimum absolute atomic E-state index is 0.159. The number of amides is 1. The lowest BCUT2D eigenvalue weighted by molar-refractivity contribution is -0.170. The summed E-state index contributed by atoms with van der Waals surface area (Å²) >= 11 is 0. The van der Waals surface area contributed by atoms with Crippen molar-refractivity contribution in [1.29, 1.82) is 0 Å². The smallest absolute Gasteiger partial charge is 0.336 e. The molecule has 0 heterocycles. The van der Waals surface area contributed by atoms with Gasteiger partial charge in [-0.15, -0.1) is 0 Å². The second-order valence-electron chi connectivity index (χ2n) is 6.52. The summed E-state index contributed by atoms with van der Waals surface area (Å²) in [4.78, 5) is 40.9. The highest BCUT2D eigenvalue weighted by molar-refractivity contribution is 5.88. The third kappa shape index (κ3) is 18.4. The molecule has 0 unspecified atom stereocenters. The number of aliphatic carboxylic acids is 3. The van der Waals surface area contributed by atoms with Crippen LogP contribution in [0.5, 0.6) is 0 Å². The Hall–Kier alpha value is -2.16. The van der Waals surface area contributed by atoms with Crippen LogP contribution in [0.15, 0.2) is 0 Å². The summed E-state index contributed by atoms with van der Waals surface area (Å²) in [7, 11) is 0. The summed E-state index contributed by atoms with van der Waals surface area (Å²) in [5, 5.41) is 33.8. The standard InChI is InChI=1S/C12H25NO.C6H8O7/c1-2-3-4-5-6-7-8-9-10-11-12(13)14;7-3(8)1-6(13,5(11)12)2-4(9)10/h2-11H2,1H3,(H2,13,14);13H,1-2H2,(H,7,8)(H,9,10)(H,11,12). The molecule has 0 rings (SSSR count). The molecular formula is C18H33NO8. The average molecular weight is 391 g/mol. The van der Waals surface area contributed by atoms with Gasteiger partial charge in [-0.3, -0.25) is 14.4 Å². The van der Waals surface area contributed by atoms with Crippen LogP contribution in [0.2, 0.25) is 0 Å². The molecule has 158 valence electrons. The molecule has 9 nitrogen and oxygen atoms in total. The number of carbonyl (C=O) groups excluding carboxylic acids is 1. The monoisotopic (exact) mass is 391 g/mol. The van der Waals surface area contributed by atoms with E-state index in [1.54, 1.807) is 0 Å². The SMILES string of the molecule is CCCCCCCCCCCC(N)=O.O=C(O)CC(O)(CC(=O)O)C(=O)O. The molecule has 0 aliphatic rings. The van der Waals surface area contributed by atoms with Gasteiger partial charge in [0.1, 0.15) is 0 Å². The summed E-state index contributed by atoms with van der Waals surface area (Å²) in [5.74, 6) is -5.18. The Morgan fingerprint density at radius 1 is 0.741 bits per heavy atom. The molecule has 0 fully saturated rings. The minimum atomic E-state index is -2.74. The maximum Gasteiger partial charge on any atom is 0.336 e. The molecule has 0 aliphatic carbocycles. The van der Waals surface area contributed by atoms with Gasteiger partial charge in [-0.2, -0.15) is 0 Å². The molecule has 0 bridgehead atoms. The van der Waals surface area contributed by atoms with E-state index < -0.39 is 36.4 Å². The number of aliphatic hydroxyl groups is 1. The molecule has 0 aromatic rings. The van der Waals surface area contributed by atoms with Gasteiger partial charge in [0.05, 0.1) is 12.8 Å². The molecule has 27 heavy (non-hydrogen) atoms. The Kier molecular flexibility index (Phi) is 16.1. The van der Waals surface area contributed by atoms with Gasteiger partial charge in [-0.1, -0.05) is 58.3 Å². The Morgan fingerprint density at radius 2 is 1.11 bits per heavy atom. The second-order valence-corrected chi connectivity index (χ2v) is 6.52. The molecule has 0 aromatic heterocycles. The molecular weight excluding hydrogens is 358 g/mol. The highest BCUT2D eigenvalue weighted by Gasteiger charge is 2.40. The molecule has 1 amide bonds. The van der Waals surface area contributed by atoms with Crippen LogP contribution >= 0.6 is 0 Å². The van der Waals surface area contributed by atoms with Crippen LogP contribution in [-0.4, -0.2) is 49.8 Å². The first kappa shape index (κ1) is 27.1. The highest BCUT2D eigenvalue weighted by Crippen LogP contribution is 2.15. The Balaban J connectivity index is 0. The summed E-state index contributed by atoms with van der Waals surface area (Å²) < 4.78 is 0. The average Bonchev–Trinajstić information content (AvgIpc) is 2.52. The zero-order valence-corrected chi connectivity index (χ0v) is 16.0. The Labute approximate surface area is 159 Å². The minimum Gasteiger partial charge on any atom is -0.481 e. The van der Waals surface area contributed by atoms with E-state index in [1.807, 2.05) is 0 Å². The third-order valence-corrected chi connectivity index (χ3v) is 3.81. The number of carboxylic acids is 3. The largest absolute Gasteiger partial charge is 0.481 e. The van der Waals surface area contributed by atoms with Crippen LogP contribution in [-0.2, 0) is 19.2 Å². The lowest BCUT2D eigenvalue weighted by atomic mass is 9.96. The van der Waals surface area contributed by atoms with Gasteiger partial charge < -0.3 is 26.2 Å². The van der Waals surface area contributed by atoms with Gasteiger partial charge in [-0.05, 0) is 6.42 Å². The van der Waals surface area contributed by atoms with E-state index in [0.717, 1.165) is 12.8 Å². The number of carboxylic acid groups (broad SMARTS) is 3. The molecule has 0 aromatic carbocycles. The number of hydrogen-bond acceptors (Lipinski definition) is 5. The molecule has 9 heteroatoms. The van der Waals surface area contributed by atoms with Crippen molar-refractivity contribution in [3.63, 3.8) is 0 Å². The van der Waals surface area contributed by atoms with Crippen molar-refractivity contribution >= 4 is 23.8 Å². The highest BCUT2D eigenvalue weighted by atomic mass is 16.4. The van der Waals surface area contributed by atoms with Crippen molar-refractivity contribution in [3.8, 4) is 0 Å². The lowest BCUT2D eigenvalue weighted by Gasteiger charge is -2.18. The summed E-state index contributed by atoms with van der Waals surface area (Å²) in [6, 6.07) is 0.